The number of aromatic nitrogens is 2. The molecule has 8 nitrogen and oxygen atoms in total. The van der Waals surface area contributed by atoms with Crippen molar-refractivity contribution in [3.8, 4) is 0 Å². The maximum atomic E-state index is 12.3. The van der Waals surface area contributed by atoms with Gasteiger partial charge in [-0.15, -0.1) is 0 Å². The van der Waals surface area contributed by atoms with Crippen molar-refractivity contribution in [2.24, 2.45) is 0 Å². The van der Waals surface area contributed by atoms with Gasteiger partial charge in [-0.1, -0.05) is 11.2 Å². The molecule has 0 atom stereocenters. The summed E-state index contributed by atoms with van der Waals surface area (Å²) < 4.78 is 4.92. The SMILES string of the molecule is Cc1cc(NC(=O)CN2CCN(C(=O)CCc3cccnc3)CC2)no1. The highest BCUT2D eigenvalue weighted by Gasteiger charge is 2.22. The number of piperazine rings is 1. The van der Waals surface area contributed by atoms with Crippen LogP contribution in [0.1, 0.15) is 17.7 Å². The second-order valence-electron chi connectivity index (χ2n) is 6.39. The molecule has 3 rings (SSSR count). The van der Waals surface area contributed by atoms with Crippen molar-refractivity contribution in [3.05, 3.63) is 41.9 Å². The summed E-state index contributed by atoms with van der Waals surface area (Å²) in [5.41, 5.74) is 1.07. The van der Waals surface area contributed by atoms with Gasteiger partial charge in [-0.2, -0.15) is 0 Å². The van der Waals surface area contributed by atoms with E-state index in [1.807, 2.05) is 21.9 Å². The summed E-state index contributed by atoms with van der Waals surface area (Å²) in [6.45, 7) is 4.70. The molecule has 0 saturated carbocycles. The normalized spacial score (nSPS) is 15.0. The average molecular weight is 357 g/mol. The number of hydrogen-bond acceptors (Lipinski definition) is 6. The lowest BCUT2D eigenvalue weighted by Gasteiger charge is -2.34. The molecule has 3 heterocycles. The van der Waals surface area contributed by atoms with E-state index in [9.17, 15) is 9.59 Å². The predicted molar refractivity (Wildman–Crippen MR) is 95.4 cm³/mol. The van der Waals surface area contributed by atoms with Gasteiger partial charge in [-0.3, -0.25) is 19.5 Å². The zero-order valence-corrected chi connectivity index (χ0v) is 14.9. The number of nitrogens with zero attached hydrogens (tertiary/aromatic N) is 4. The van der Waals surface area contributed by atoms with Crippen molar-refractivity contribution in [1.29, 1.82) is 0 Å². The van der Waals surface area contributed by atoms with Gasteiger partial charge < -0.3 is 14.7 Å². The Morgan fingerprint density at radius 3 is 2.73 bits per heavy atom. The first-order valence-corrected chi connectivity index (χ1v) is 8.72. The molecular formula is C18H23N5O3. The molecule has 8 heteroatoms. The van der Waals surface area contributed by atoms with Crippen LogP contribution in [0.5, 0.6) is 0 Å². The number of anilines is 1. The molecule has 0 aromatic carbocycles. The first-order chi connectivity index (χ1) is 12.6. The molecule has 0 spiro atoms. The fourth-order valence-electron chi connectivity index (χ4n) is 2.92. The fourth-order valence-corrected chi connectivity index (χ4v) is 2.92. The van der Waals surface area contributed by atoms with Crippen LogP contribution in [0.4, 0.5) is 5.82 Å². The number of aryl methyl sites for hydroxylation is 2. The van der Waals surface area contributed by atoms with Crippen LogP contribution >= 0.6 is 0 Å². The Balaban J connectivity index is 1.38. The Morgan fingerprint density at radius 2 is 2.08 bits per heavy atom. The minimum Gasteiger partial charge on any atom is -0.360 e. The van der Waals surface area contributed by atoms with E-state index in [0.29, 0.717) is 50.6 Å². The number of carbonyl (C=O) groups is 2. The van der Waals surface area contributed by atoms with Gasteiger partial charge in [-0.05, 0) is 25.0 Å². The fraction of sp³-hybridized carbons (Fsp3) is 0.444. The van der Waals surface area contributed by atoms with Crippen LogP contribution in [0, 0.1) is 6.92 Å². The maximum absolute atomic E-state index is 12.3. The summed E-state index contributed by atoms with van der Waals surface area (Å²) in [7, 11) is 0. The number of hydrogen-bond donors (Lipinski definition) is 1. The second kappa shape index (κ2) is 8.57. The van der Waals surface area contributed by atoms with Crippen LogP contribution in [0.15, 0.2) is 35.1 Å². The van der Waals surface area contributed by atoms with E-state index in [0.717, 1.165) is 5.56 Å². The van der Waals surface area contributed by atoms with Crippen molar-refractivity contribution in [3.63, 3.8) is 0 Å². The van der Waals surface area contributed by atoms with Crippen LogP contribution in [0.2, 0.25) is 0 Å². The van der Waals surface area contributed by atoms with Gasteiger partial charge in [0.15, 0.2) is 5.82 Å². The molecule has 2 aromatic heterocycles. The molecule has 2 aromatic rings. The van der Waals surface area contributed by atoms with E-state index >= 15 is 0 Å². The third kappa shape index (κ3) is 5.13. The minimum atomic E-state index is -0.130. The lowest BCUT2D eigenvalue weighted by molar-refractivity contribution is -0.133. The van der Waals surface area contributed by atoms with Crippen LogP contribution < -0.4 is 5.32 Å². The first kappa shape index (κ1) is 18.1. The lowest BCUT2D eigenvalue weighted by Crippen LogP contribution is -2.50. The van der Waals surface area contributed by atoms with Crippen molar-refractivity contribution in [1.82, 2.24) is 19.9 Å². The summed E-state index contributed by atoms with van der Waals surface area (Å²) >= 11 is 0. The quantitative estimate of drug-likeness (QED) is 0.832. The van der Waals surface area contributed by atoms with Gasteiger partial charge in [0.1, 0.15) is 5.76 Å². The van der Waals surface area contributed by atoms with Gasteiger partial charge in [0.25, 0.3) is 0 Å². The van der Waals surface area contributed by atoms with Gasteiger partial charge in [0.2, 0.25) is 11.8 Å². The molecule has 1 N–H and O–H groups in total. The zero-order valence-electron chi connectivity index (χ0n) is 14.9. The van der Waals surface area contributed by atoms with Crippen molar-refractivity contribution >= 4 is 17.6 Å². The molecule has 1 aliphatic rings. The molecular weight excluding hydrogens is 334 g/mol. The maximum Gasteiger partial charge on any atom is 0.239 e. The Bertz CT molecular complexity index is 738. The number of rotatable bonds is 6. The second-order valence-corrected chi connectivity index (χ2v) is 6.39. The van der Waals surface area contributed by atoms with E-state index in [1.54, 1.807) is 25.4 Å². The predicted octanol–water partition coefficient (Wildman–Crippen LogP) is 1.09. The largest absolute Gasteiger partial charge is 0.360 e. The molecule has 26 heavy (non-hydrogen) atoms. The van der Waals surface area contributed by atoms with Gasteiger partial charge in [0, 0.05) is 51.1 Å². The van der Waals surface area contributed by atoms with Crippen LogP contribution in [-0.2, 0) is 16.0 Å². The summed E-state index contributed by atoms with van der Waals surface area (Å²) in [4.78, 5) is 32.3. The number of amides is 2. The first-order valence-electron chi connectivity index (χ1n) is 8.72. The monoisotopic (exact) mass is 357 g/mol. The molecule has 1 fully saturated rings. The van der Waals surface area contributed by atoms with Crippen molar-refractivity contribution in [2.45, 2.75) is 19.8 Å². The molecule has 0 unspecified atom stereocenters. The highest BCUT2D eigenvalue weighted by atomic mass is 16.5. The number of pyridine rings is 1. The Kier molecular flexibility index (Phi) is 5.96. The summed E-state index contributed by atoms with van der Waals surface area (Å²) in [5.74, 6) is 1.10. The van der Waals surface area contributed by atoms with E-state index in [1.165, 1.54) is 0 Å². The Labute approximate surface area is 152 Å². The van der Waals surface area contributed by atoms with Crippen LogP contribution in [0.3, 0.4) is 0 Å². The molecule has 0 bridgehead atoms. The lowest BCUT2D eigenvalue weighted by atomic mass is 10.1. The molecule has 0 aliphatic carbocycles. The number of carbonyl (C=O) groups excluding carboxylic acids is 2. The Morgan fingerprint density at radius 1 is 1.27 bits per heavy atom. The molecule has 1 saturated heterocycles. The van der Waals surface area contributed by atoms with Gasteiger partial charge in [-0.25, -0.2) is 0 Å². The topological polar surface area (TPSA) is 91.6 Å². The van der Waals surface area contributed by atoms with E-state index in [-0.39, 0.29) is 18.4 Å². The number of nitrogens with one attached hydrogen (secondary N) is 1. The molecule has 2 amide bonds. The Hall–Kier alpha value is -2.74. The van der Waals surface area contributed by atoms with Crippen molar-refractivity contribution in [2.75, 3.05) is 38.0 Å². The third-order valence-electron chi connectivity index (χ3n) is 4.34. The van der Waals surface area contributed by atoms with Crippen LogP contribution in [-0.4, -0.2) is 64.5 Å². The van der Waals surface area contributed by atoms with E-state index < -0.39 is 0 Å². The van der Waals surface area contributed by atoms with E-state index in [4.69, 9.17) is 4.52 Å². The summed E-state index contributed by atoms with van der Waals surface area (Å²) in [5, 5.41) is 6.46. The smallest absolute Gasteiger partial charge is 0.239 e. The van der Waals surface area contributed by atoms with Crippen molar-refractivity contribution < 1.29 is 14.1 Å². The highest BCUT2D eigenvalue weighted by Crippen LogP contribution is 2.09. The third-order valence-corrected chi connectivity index (χ3v) is 4.34. The van der Waals surface area contributed by atoms with Gasteiger partial charge >= 0.3 is 0 Å². The molecule has 0 radical (unpaired) electrons. The molecule has 1 aliphatic heterocycles. The molecule has 138 valence electrons. The minimum absolute atomic E-state index is 0.130. The van der Waals surface area contributed by atoms with E-state index in [2.05, 4.69) is 15.5 Å². The summed E-state index contributed by atoms with van der Waals surface area (Å²) in [6.07, 6.45) is 4.70. The van der Waals surface area contributed by atoms with Crippen LogP contribution in [0.25, 0.3) is 0 Å². The zero-order chi connectivity index (χ0) is 18.4. The highest BCUT2D eigenvalue weighted by molar-refractivity contribution is 5.91. The summed E-state index contributed by atoms with van der Waals surface area (Å²) in [6, 6.07) is 5.54. The van der Waals surface area contributed by atoms with Gasteiger partial charge in [0.05, 0.1) is 6.54 Å². The standard InChI is InChI=1S/C18H23N5O3/c1-14-11-16(21-26-14)20-17(24)13-22-7-9-23(10-8-22)18(25)5-4-15-3-2-6-19-12-15/h2-3,6,11-12H,4-5,7-10,13H2,1H3,(H,20,21,24). The average Bonchev–Trinajstić information content (AvgIpc) is 3.05.